The van der Waals surface area contributed by atoms with Crippen molar-refractivity contribution in [2.24, 2.45) is 0 Å². The molecule has 168 valence electrons. The van der Waals surface area contributed by atoms with Crippen molar-refractivity contribution in [3.8, 4) is 17.2 Å². The van der Waals surface area contributed by atoms with Gasteiger partial charge in [-0.05, 0) is 13.3 Å². The summed E-state index contributed by atoms with van der Waals surface area (Å²) in [7, 11) is 1.50. The first-order chi connectivity index (χ1) is 14.8. The molecule has 0 bridgehead atoms. The van der Waals surface area contributed by atoms with E-state index in [0.29, 0.717) is 31.2 Å². The van der Waals surface area contributed by atoms with E-state index in [1.807, 2.05) is 13.0 Å². The number of carbonyl (C=O) groups is 1. The molecule has 0 saturated carbocycles. The number of halogens is 3. The largest absolute Gasteiger partial charge is 0.497 e. The zero-order valence-electron chi connectivity index (χ0n) is 17.1. The van der Waals surface area contributed by atoms with E-state index in [1.165, 1.54) is 7.11 Å². The predicted molar refractivity (Wildman–Crippen MR) is 105 cm³/mol. The van der Waals surface area contributed by atoms with E-state index >= 15 is 0 Å². The van der Waals surface area contributed by atoms with Crippen molar-refractivity contribution in [2.75, 3.05) is 38.3 Å². The number of benzene rings is 1. The molecule has 0 aliphatic carbocycles. The summed E-state index contributed by atoms with van der Waals surface area (Å²) in [5.41, 5.74) is 0.795. The number of ether oxygens (including phenoxy) is 3. The smallest absolute Gasteiger partial charge is 0.451 e. The van der Waals surface area contributed by atoms with Gasteiger partial charge in [0.05, 0.1) is 19.5 Å². The van der Waals surface area contributed by atoms with Crippen LogP contribution < -0.4 is 19.7 Å². The van der Waals surface area contributed by atoms with Crippen molar-refractivity contribution < 1.29 is 32.2 Å². The summed E-state index contributed by atoms with van der Waals surface area (Å²) in [6.45, 7) is 3.62. The summed E-state index contributed by atoms with van der Waals surface area (Å²) < 4.78 is 53.9. The van der Waals surface area contributed by atoms with Crippen LogP contribution in [-0.2, 0) is 15.7 Å². The molecule has 1 aliphatic rings. The quantitative estimate of drug-likeness (QED) is 0.675. The molecule has 2 heterocycles. The summed E-state index contributed by atoms with van der Waals surface area (Å²) >= 11 is 0. The van der Waals surface area contributed by atoms with Crippen LogP contribution in [0.1, 0.15) is 19.2 Å². The Labute approximate surface area is 177 Å². The van der Waals surface area contributed by atoms with E-state index in [-0.39, 0.29) is 24.3 Å². The number of amides is 1. The number of anilines is 1. The van der Waals surface area contributed by atoms with E-state index in [1.54, 1.807) is 12.1 Å². The zero-order valence-corrected chi connectivity index (χ0v) is 17.1. The molecule has 8 nitrogen and oxygen atoms in total. The van der Waals surface area contributed by atoms with Crippen molar-refractivity contribution in [2.45, 2.75) is 25.6 Å². The Kier molecular flexibility index (Phi) is 7.16. The Hall–Kier alpha value is -3.08. The second-order valence-electron chi connectivity index (χ2n) is 6.85. The van der Waals surface area contributed by atoms with Crippen molar-refractivity contribution in [1.82, 2.24) is 15.3 Å². The molecular formula is C20H23F3N4O4. The highest BCUT2D eigenvalue weighted by Gasteiger charge is 2.34. The van der Waals surface area contributed by atoms with Crippen LogP contribution in [0.15, 0.2) is 30.6 Å². The van der Waals surface area contributed by atoms with Crippen LogP contribution in [0.25, 0.3) is 0 Å². The van der Waals surface area contributed by atoms with E-state index in [2.05, 4.69) is 20.2 Å². The first-order valence-corrected chi connectivity index (χ1v) is 9.66. The number of alkyl halides is 3. The number of nitrogens with one attached hydrogen (secondary N) is 1. The molecule has 1 aromatic carbocycles. The summed E-state index contributed by atoms with van der Waals surface area (Å²) in [4.78, 5) is 20.5. The van der Waals surface area contributed by atoms with Crippen molar-refractivity contribution in [3.05, 3.63) is 36.4 Å². The normalized spacial score (nSPS) is 16.3. The summed E-state index contributed by atoms with van der Waals surface area (Å²) in [5.74, 6) is -0.452. The third kappa shape index (κ3) is 6.20. The van der Waals surface area contributed by atoms with E-state index < -0.39 is 12.0 Å². The fraction of sp³-hybridized carbons (Fsp3) is 0.450. The second kappa shape index (κ2) is 9.82. The lowest BCUT2D eigenvalue weighted by Gasteiger charge is -2.21. The average molecular weight is 440 g/mol. The van der Waals surface area contributed by atoms with Crippen LogP contribution in [0, 0.1) is 0 Å². The lowest BCUT2D eigenvalue weighted by molar-refractivity contribution is -0.145. The van der Waals surface area contributed by atoms with Gasteiger partial charge < -0.3 is 24.4 Å². The molecule has 1 saturated heterocycles. The summed E-state index contributed by atoms with van der Waals surface area (Å²) in [6, 6.07) is 5.15. The Bertz CT molecular complexity index is 893. The fourth-order valence-electron chi connectivity index (χ4n) is 3.14. The topological polar surface area (TPSA) is 85.8 Å². The third-order valence-electron chi connectivity index (χ3n) is 4.57. The van der Waals surface area contributed by atoms with Crippen LogP contribution in [0.3, 0.4) is 0 Å². The van der Waals surface area contributed by atoms with Gasteiger partial charge in [-0.25, -0.2) is 9.97 Å². The summed E-state index contributed by atoms with van der Waals surface area (Å²) in [5, 5.41) is 2.94. The molecule has 0 radical (unpaired) electrons. The standard InChI is InChI=1S/C20H23F3N4O4/c1-3-30-12-18(28)26-13-4-5-27(11-13)14-6-15(29-2)8-16(7-14)31-17-9-24-19(25-10-17)20(21,22)23/h6-10,13H,3-5,11-12H2,1-2H3,(H,26,28)/t13-/m0/s1. The number of hydrogen-bond acceptors (Lipinski definition) is 7. The molecule has 0 unspecified atom stereocenters. The Morgan fingerprint density at radius 1 is 1.19 bits per heavy atom. The van der Waals surface area contributed by atoms with Crippen LogP contribution in [0.4, 0.5) is 18.9 Å². The van der Waals surface area contributed by atoms with Gasteiger partial charge in [-0.2, -0.15) is 13.2 Å². The van der Waals surface area contributed by atoms with Crippen LogP contribution in [0.2, 0.25) is 0 Å². The third-order valence-corrected chi connectivity index (χ3v) is 4.57. The maximum Gasteiger partial charge on any atom is 0.451 e. The average Bonchev–Trinajstić information content (AvgIpc) is 3.20. The van der Waals surface area contributed by atoms with Crippen molar-refractivity contribution in [3.63, 3.8) is 0 Å². The van der Waals surface area contributed by atoms with E-state index in [9.17, 15) is 18.0 Å². The minimum Gasteiger partial charge on any atom is -0.497 e. The van der Waals surface area contributed by atoms with Gasteiger partial charge in [0.2, 0.25) is 11.7 Å². The highest BCUT2D eigenvalue weighted by molar-refractivity contribution is 5.77. The lowest BCUT2D eigenvalue weighted by atomic mass is 10.2. The molecule has 0 spiro atoms. The molecule has 1 fully saturated rings. The molecular weight excluding hydrogens is 417 g/mol. The van der Waals surface area contributed by atoms with Gasteiger partial charge in [-0.15, -0.1) is 0 Å². The van der Waals surface area contributed by atoms with Gasteiger partial charge in [0.15, 0.2) is 5.75 Å². The first-order valence-electron chi connectivity index (χ1n) is 9.66. The highest BCUT2D eigenvalue weighted by Crippen LogP contribution is 2.33. The van der Waals surface area contributed by atoms with Crippen LogP contribution in [-0.4, -0.2) is 55.3 Å². The molecule has 11 heteroatoms. The Morgan fingerprint density at radius 2 is 1.90 bits per heavy atom. The number of rotatable bonds is 8. The number of hydrogen-bond donors (Lipinski definition) is 1. The molecule has 31 heavy (non-hydrogen) atoms. The molecule has 1 aromatic heterocycles. The molecule has 1 N–H and O–H groups in total. The van der Waals surface area contributed by atoms with Gasteiger partial charge in [-0.1, -0.05) is 0 Å². The zero-order chi connectivity index (χ0) is 22.4. The lowest BCUT2D eigenvalue weighted by Crippen LogP contribution is -2.39. The number of nitrogens with zero attached hydrogens (tertiary/aromatic N) is 3. The van der Waals surface area contributed by atoms with Crippen LogP contribution >= 0.6 is 0 Å². The number of carbonyl (C=O) groups excluding carboxylic acids is 1. The van der Waals surface area contributed by atoms with Gasteiger partial charge >= 0.3 is 6.18 Å². The highest BCUT2D eigenvalue weighted by atomic mass is 19.4. The number of aromatic nitrogens is 2. The van der Waals surface area contributed by atoms with Crippen LogP contribution in [0.5, 0.6) is 17.2 Å². The fourth-order valence-corrected chi connectivity index (χ4v) is 3.14. The van der Waals surface area contributed by atoms with Gasteiger partial charge in [0.1, 0.15) is 18.1 Å². The SMILES string of the molecule is CCOCC(=O)N[C@H]1CCN(c2cc(OC)cc(Oc3cnc(C(F)(F)F)nc3)c2)C1. The monoisotopic (exact) mass is 440 g/mol. The van der Waals surface area contributed by atoms with Gasteiger partial charge in [-0.3, -0.25) is 4.79 Å². The molecule has 3 rings (SSSR count). The van der Waals surface area contributed by atoms with Crippen molar-refractivity contribution >= 4 is 11.6 Å². The Balaban J connectivity index is 1.69. The van der Waals surface area contributed by atoms with E-state index in [4.69, 9.17) is 14.2 Å². The maximum atomic E-state index is 12.6. The predicted octanol–water partition coefficient (Wildman–Crippen LogP) is 3.03. The van der Waals surface area contributed by atoms with Crippen molar-refractivity contribution in [1.29, 1.82) is 0 Å². The minimum absolute atomic E-state index is 0.0214. The van der Waals surface area contributed by atoms with E-state index in [0.717, 1.165) is 24.5 Å². The molecule has 1 atom stereocenters. The Morgan fingerprint density at radius 3 is 2.55 bits per heavy atom. The number of methoxy groups -OCH3 is 1. The van der Waals surface area contributed by atoms with Gasteiger partial charge in [0.25, 0.3) is 0 Å². The molecule has 2 aromatic rings. The van der Waals surface area contributed by atoms with Gasteiger partial charge in [0, 0.05) is 49.6 Å². The summed E-state index contributed by atoms with van der Waals surface area (Å²) in [6.07, 6.45) is -1.92. The minimum atomic E-state index is -4.62. The molecule has 1 amide bonds. The maximum absolute atomic E-state index is 12.6. The second-order valence-corrected chi connectivity index (χ2v) is 6.85. The first kappa shape index (κ1) is 22.6. The molecule has 1 aliphatic heterocycles.